The van der Waals surface area contributed by atoms with Gasteiger partial charge in [0.05, 0.1) is 5.56 Å². The van der Waals surface area contributed by atoms with Crippen molar-refractivity contribution < 1.29 is 13.2 Å². The van der Waals surface area contributed by atoms with E-state index in [1.165, 1.54) is 12.1 Å². The highest BCUT2D eigenvalue weighted by Gasteiger charge is 2.29. The maximum absolute atomic E-state index is 12.6. The molecule has 0 aliphatic rings. The van der Waals surface area contributed by atoms with Crippen LogP contribution in [0.5, 0.6) is 0 Å². The monoisotopic (exact) mass is 495 g/mol. The SMILES string of the molecule is CCNC(=NCCCn1cccn1)NCCc1ccc(C(F)(F)F)cc1.I. The third-order valence-corrected chi connectivity index (χ3v) is 3.71. The molecule has 0 amide bonds. The average Bonchev–Trinajstić information content (AvgIpc) is 3.12. The zero-order valence-electron chi connectivity index (χ0n) is 15.2. The molecule has 0 spiro atoms. The number of aliphatic imine (C=N–C) groups is 1. The van der Waals surface area contributed by atoms with E-state index in [9.17, 15) is 13.2 Å². The van der Waals surface area contributed by atoms with E-state index in [-0.39, 0.29) is 24.0 Å². The van der Waals surface area contributed by atoms with Gasteiger partial charge in [0, 0.05) is 38.6 Å². The van der Waals surface area contributed by atoms with Gasteiger partial charge in [-0.1, -0.05) is 12.1 Å². The molecule has 5 nitrogen and oxygen atoms in total. The topological polar surface area (TPSA) is 54.2 Å². The van der Waals surface area contributed by atoms with Crippen LogP contribution in [-0.2, 0) is 19.1 Å². The van der Waals surface area contributed by atoms with Crippen molar-refractivity contribution in [1.82, 2.24) is 20.4 Å². The number of aromatic nitrogens is 2. The predicted octanol–water partition coefficient (Wildman–Crippen LogP) is 3.71. The molecule has 2 rings (SSSR count). The zero-order chi connectivity index (χ0) is 18.8. The van der Waals surface area contributed by atoms with E-state index < -0.39 is 11.7 Å². The zero-order valence-corrected chi connectivity index (χ0v) is 17.5. The van der Waals surface area contributed by atoms with Crippen molar-refractivity contribution >= 4 is 29.9 Å². The van der Waals surface area contributed by atoms with Crippen LogP contribution in [0.2, 0.25) is 0 Å². The number of halogens is 4. The fraction of sp³-hybridized carbons (Fsp3) is 0.444. The van der Waals surface area contributed by atoms with Crippen LogP contribution >= 0.6 is 24.0 Å². The van der Waals surface area contributed by atoms with E-state index in [1.807, 2.05) is 23.9 Å². The van der Waals surface area contributed by atoms with E-state index in [2.05, 4.69) is 20.7 Å². The molecular formula is C18H25F3IN5. The van der Waals surface area contributed by atoms with Crippen molar-refractivity contribution in [3.8, 4) is 0 Å². The van der Waals surface area contributed by atoms with E-state index in [4.69, 9.17) is 0 Å². The highest BCUT2D eigenvalue weighted by Crippen LogP contribution is 2.29. The lowest BCUT2D eigenvalue weighted by molar-refractivity contribution is -0.137. The van der Waals surface area contributed by atoms with Crippen molar-refractivity contribution in [3.05, 3.63) is 53.9 Å². The van der Waals surface area contributed by atoms with Crippen LogP contribution in [0, 0.1) is 0 Å². The number of hydrogen-bond donors (Lipinski definition) is 2. The molecule has 2 N–H and O–H groups in total. The maximum Gasteiger partial charge on any atom is 0.416 e. The summed E-state index contributed by atoms with van der Waals surface area (Å²) in [4.78, 5) is 4.50. The molecule has 2 aromatic rings. The molecule has 1 heterocycles. The Bertz CT molecular complexity index is 669. The van der Waals surface area contributed by atoms with Gasteiger partial charge in [-0.2, -0.15) is 18.3 Å². The number of nitrogens with one attached hydrogen (secondary N) is 2. The highest BCUT2D eigenvalue weighted by atomic mass is 127. The summed E-state index contributed by atoms with van der Waals surface area (Å²) >= 11 is 0. The fourth-order valence-electron chi connectivity index (χ4n) is 2.38. The minimum atomic E-state index is -4.29. The van der Waals surface area contributed by atoms with Crippen molar-refractivity contribution in [2.75, 3.05) is 19.6 Å². The molecule has 0 fully saturated rings. The first-order valence-corrected chi connectivity index (χ1v) is 8.65. The molecule has 0 saturated heterocycles. The Kier molecular flexibility index (Phi) is 10.2. The lowest BCUT2D eigenvalue weighted by Crippen LogP contribution is -2.38. The first-order chi connectivity index (χ1) is 12.5. The highest BCUT2D eigenvalue weighted by molar-refractivity contribution is 14.0. The Morgan fingerprint density at radius 2 is 1.93 bits per heavy atom. The second kappa shape index (κ2) is 11.8. The molecule has 0 atom stereocenters. The molecule has 0 aliphatic heterocycles. The van der Waals surface area contributed by atoms with Crippen LogP contribution in [-0.4, -0.2) is 35.4 Å². The van der Waals surface area contributed by atoms with Gasteiger partial charge in [-0.3, -0.25) is 9.67 Å². The van der Waals surface area contributed by atoms with Crippen LogP contribution < -0.4 is 10.6 Å². The van der Waals surface area contributed by atoms with Gasteiger partial charge in [-0.15, -0.1) is 24.0 Å². The Balaban J connectivity index is 0.00000364. The second-order valence-corrected chi connectivity index (χ2v) is 5.75. The standard InChI is InChI=1S/C18H24F3N5.HI/c1-2-22-17(23-10-3-13-26-14-4-11-25-26)24-12-9-15-5-7-16(8-6-15)18(19,20)21;/h4-8,11,14H,2-3,9-10,12-13H2,1H3,(H2,22,23,24);1H. The van der Waals surface area contributed by atoms with Gasteiger partial charge in [-0.25, -0.2) is 0 Å². The summed E-state index contributed by atoms with van der Waals surface area (Å²) in [5.74, 6) is 0.708. The summed E-state index contributed by atoms with van der Waals surface area (Å²) in [5, 5.41) is 10.5. The van der Waals surface area contributed by atoms with Gasteiger partial charge >= 0.3 is 6.18 Å². The maximum atomic E-state index is 12.6. The lowest BCUT2D eigenvalue weighted by Gasteiger charge is -2.12. The Labute approximate surface area is 174 Å². The minimum absolute atomic E-state index is 0. The van der Waals surface area contributed by atoms with Crippen LogP contribution in [0.15, 0.2) is 47.7 Å². The van der Waals surface area contributed by atoms with Crippen LogP contribution in [0.3, 0.4) is 0 Å². The summed E-state index contributed by atoms with van der Waals surface area (Å²) in [6.07, 6.45) is 0.859. The largest absolute Gasteiger partial charge is 0.416 e. The molecule has 0 unspecified atom stereocenters. The molecule has 0 radical (unpaired) electrons. The third kappa shape index (κ3) is 8.63. The Hall–Kier alpha value is -1.78. The number of guanidine groups is 1. The molecule has 1 aromatic heterocycles. The molecule has 0 aliphatic carbocycles. The first-order valence-electron chi connectivity index (χ1n) is 8.65. The number of rotatable bonds is 8. The van der Waals surface area contributed by atoms with Crippen molar-refractivity contribution in [3.63, 3.8) is 0 Å². The van der Waals surface area contributed by atoms with Crippen LogP contribution in [0.1, 0.15) is 24.5 Å². The summed E-state index contributed by atoms with van der Waals surface area (Å²) in [6.45, 7) is 4.79. The van der Waals surface area contributed by atoms with Gasteiger partial charge in [0.1, 0.15) is 0 Å². The van der Waals surface area contributed by atoms with Crippen molar-refractivity contribution in [1.29, 1.82) is 0 Å². The Morgan fingerprint density at radius 1 is 1.19 bits per heavy atom. The minimum Gasteiger partial charge on any atom is -0.357 e. The van der Waals surface area contributed by atoms with Crippen molar-refractivity contribution in [2.45, 2.75) is 32.5 Å². The lowest BCUT2D eigenvalue weighted by atomic mass is 10.1. The van der Waals surface area contributed by atoms with Crippen LogP contribution in [0.25, 0.3) is 0 Å². The van der Waals surface area contributed by atoms with Gasteiger partial charge in [0.25, 0.3) is 0 Å². The average molecular weight is 495 g/mol. The molecule has 9 heteroatoms. The van der Waals surface area contributed by atoms with Gasteiger partial charge < -0.3 is 10.6 Å². The van der Waals surface area contributed by atoms with Crippen LogP contribution in [0.4, 0.5) is 13.2 Å². The number of aryl methyl sites for hydroxylation is 1. The molecule has 0 bridgehead atoms. The Morgan fingerprint density at radius 3 is 2.52 bits per heavy atom. The predicted molar refractivity (Wildman–Crippen MR) is 111 cm³/mol. The summed E-state index contributed by atoms with van der Waals surface area (Å²) in [6, 6.07) is 7.14. The number of nitrogens with zero attached hydrogens (tertiary/aromatic N) is 3. The third-order valence-electron chi connectivity index (χ3n) is 3.71. The van der Waals surface area contributed by atoms with E-state index in [1.54, 1.807) is 6.20 Å². The summed E-state index contributed by atoms with van der Waals surface area (Å²) in [7, 11) is 0. The molecule has 150 valence electrons. The molecular weight excluding hydrogens is 470 g/mol. The van der Waals surface area contributed by atoms with Gasteiger partial charge in [-0.05, 0) is 43.5 Å². The fourth-order valence-corrected chi connectivity index (χ4v) is 2.38. The van der Waals surface area contributed by atoms with Gasteiger partial charge in [0.15, 0.2) is 5.96 Å². The van der Waals surface area contributed by atoms with Gasteiger partial charge in [0.2, 0.25) is 0 Å². The summed E-state index contributed by atoms with van der Waals surface area (Å²) in [5.41, 5.74) is 0.223. The molecule has 27 heavy (non-hydrogen) atoms. The number of hydrogen-bond acceptors (Lipinski definition) is 2. The molecule has 0 saturated carbocycles. The van der Waals surface area contributed by atoms with Crippen molar-refractivity contribution in [2.24, 2.45) is 4.99 Å². The molecule has 1 aromatic carbocycles. The smallest absolute Gasteiger partial charge is 0.357 e. The number of benzene rings is 1. The normalized spacial score (nSPS) is 11.8. The van der Waals surface area contributed by atoms with E-state index >= 15 is 0 Å². The van der Waals surface area contributed by atoms with E-state index in [0.29, 0.717) is 25.5 Å². The number of alkyl halides is 3. The second-order valence-electron chi connectivity index (χ2n) is 5.75. The quantitative estimate of drug-likeness (QED) is 0.254. The van der Waals surface area contributed by atoms with E-state index in [0.717, 1.165) is 37.2 Å². The summed E-state index contributed by atoms with van der Waals surface area (Å²) < 4.78 is 39.5. The first kappa shape index (κ1) is 23.3.